The Labute approximate surface area is 113 Å². The minimum atomic E-state index is -0.968. The Kier molecular flexibility index (Phi) is 5.02. The van der Waals surface area contributed by atoms with E-state index < -0.39 is 9.71 Å². The number of halogens is 3. The van der Waals surface area contributed by atoms with Gasteiger partial charge in [0, 0.05) is 4.48 Å². The van der Waals surface area contributed by atoms with Crippen molar-refractivity contribution >= 4 is 58.2 Å². The summed E-state index contributed by atoms with van der Waals surface area (Å²) in [6.07, 6.45) is 0. The summed E-state index contributed by atoms with van der Waals surface area (Å²) in [5, 5.41) is 9.03. The van der Waals surface area contributed by atoms with Gasteiger partial charge in [-0.15, -0.1) is 0 Å². The van der Waals surface area contributed by atoms with Crippen LogP contribution in [0.25, 0.3) is 4.48 Å². The van der Waals surface area contributed by atoms with Gasteiger partial charge >= 0.3 is 5.97 Å². The van der Waals surface area contributed by atoms with Crippen LogP contribution in [-0.4, -0.2) is 14.8 Å². The minimum Gasteiger partial charge on any atom is -0.478 e. The highest BCUT2D eigenvalue weighted by atomic mass is 79.9. The number of hydrogen-bond acceptors (Lipinski definition) is 1. The molecule has 0 bridgehead atoms. The second-order valence-corrected chi connectivity index (χ2v) is 6.55. The molecule has 0 fully saturated rings. The first kappa shape index (κ1) is 12.9. The predicted molar refractivity (Wildman–Crippen MR) is 71.6 cm³/mol. The van der Waals surface area contributed by atoms with E-state index in [1.165, 1.54) is 0 Å². The average molecular weight is 399 g/mol. The quantitative estimate of drug-likeness (QED) is 0.617. The molecular weight excluding hydrogens is 392 g/mol. The maximum absolute atomic E-state index is 11.0. The van der Waals surface area contributed by atoms with E-state index in [0.29, 0.717) is 4.48 Å². The Bertz CT molecular complexity index is 385. The summed E-state index contributed by atoms with van der Waals surface area (Å²) in [7, 11) is 0. The molecule has 0 saturated carbocycles. The fourth-order valence-corrected chi connectivity index (χ4v) is 3.15. The Hall–Kier alpha value is -0.130. The van der Waals surface area contributed by atoms with Crippen molar-refractivity contribution in [3.8, 4) is 0 Å². The first-order valence-corrected chi connectivity index (χ1v) is 6.63. The monoisotopic (exact) mass is 396 g/mol. The SMILES string of the molecule is O=C(O)C(=C(Br)c1ccccc1)C(Br)Br. The topological polar surface area (TPSA) is 37.3 Å². The number of alkyl halides is 2. The molecule has 0 unspecified atom stereocenters. The Morgan fingerprint density at radius 3 is 2.13 bits per heavy atom. The van der Waals surface area contributed by atoms with E-state index in [9.17, 15) is 4.79 Å². The van der Waals surface area contributed by atoms with Gasteiger partial charge < -0.3 is 5.11 Å². The number of carboxylic acid groups (broad SMARTS) is 1. The van der Waals surface area contributed by atoms with Crippen LogP contribution in [0.4, 0.5) is 0 Å². The molecule has 1 rings (SSSR count). The van der Waals surface area contributed by atoms with Gasteiger partial charge in [-0.2, -0.15) is 0 Å². The van der Waals surface area contributed by atoms with Gasteiger partial charge in [0.05, 0.1) is 5.57 Å². The third-order valence-electron chi connectivity index (χ3n) is 1.71. The normalized spacial score (nSPS) is 12.5. The van der Waals surface area contributed by atoms with E-state index >= 15 is 0 Å². The average Bonchev–Trinajstić information content (AvgIpc) is 2.18. The van der Waals surface area contributed by atoms with E-state index in [1.807, 2.05) is 30.3 Å². The van der Waals surface area contributed by atoms with Crippen LogP contribution in [0.3, 0.4) is 0 Å². The molecular formula is C10H7Br3O2. The van der Waals surface area contributed by atoms with Crippen molar-refractivity contribution in [2.24, 2.45) is 0 Å². The number of carbonyl (C=O) groups is 1. The van der Waals surface area contributed by atoms with Crippen LogP contribution in [0.1, 0.15) is 5.56 Å². The van der Waals surface area contributed by atoms with Gasteiger partial charge in [-0.1, -0.05) is 62.2 Å². The lowest BCUT2D eigenvalue weighted by atomic mass is 10.1. The largest absolute Gasteiger partial charge is 0.478 e. The van der Waals surface area contributed by atoms with Crippen LogP contribution in [0.5, 0.6) is 0 Å². The highest BCUT2D eigenvalue weighted by Gasteiger charge is 2.19. The molecule has 0 aliphatic rings. The zero-order valence-corrected chi connectivity index (χ0v) is 12.2. The van der Waals surface area contributed by atoms with Gasteiger partial charge in [0.25, 0.3) is 0 Å². The van der Waals surface area contributed by atoms with E-state index in [4.69, 9.17) is 5.11 Å². The van der Waals surface area contributed by atoms with E-state index in [0.717, 1.165) is 5.56 Å². The van der Waals surface area contributed by atoms with Crippen molar-refractivity contribution in [2.75, 3.05) is 0 Å². The summed E-state index contributed by atoms with van der Waals surface area (Å²) in [5.41, 5.74) is 1.07. The number of aliphatic carboxylic acids is 1. The smallest absolute Gasteiger partial charge is 0.334 e. The van der Waals surface area contributed by atoms with Crippen molar-refractivity contribution in [3.63, 3.8) is 0 Å². The van der Waals surface area contributed by atoms with Crippen LogP contribution in [0, 0.1) is 0 Å². The van der Waals surface area contributed by atoms with Crippen molar-refractivity contribution < 1.29 is 9.90 Å². The van der Waals surface area contributed by atoms with Crippen LogP contribution >= 0.6 is 47.8 Å². The summed E-state index contributed by atoms with van der Waals surface area (Å²) in [4.78, 5) is 11.0. The third kappa shape index (κ3) is 3.43. The first-order chi connectivity index (χ1) is 7.04. The Morgan fingerprint density at radius 2 is 1.73 bits per heavy atom. The molecule has 0 aromatic heterocycles. The molecule has 1 aromatic carbocycles. The lowest BCUT2D eigenvalue weighted by Gasteiger charge is -2.07. The van der Waals surface area contributed by atoms with Crippen molar-refractivity contribution in [2.45, 2.75) is 3.74 Å². The molecule has 5 heteroatoms. The second kappa shape index (κ2) is 5.82. The van der Waals surface area contributed by atoms with Gasteiger partial charge in [0.2, 0.25) is 0 Å². The summed E-state index contributed by atoms with van der Waals surface area (Å²) < 4.78 is 0.173. The maximum atomic E-state index is 11.0. The molecule has 0 aliphatic heterocycles. The molecule has 0 radical (unpaired) electrons. The Morgan fingerprint density at radius 1 is 1.20 bits per heavy atom. The highest BCUT2D eigenvalue weighted by Crippen LogP contribution is 2.32. The highest BCUT2D eigenvalue weighted by molar-refractivity contribution is 9.24. The molecule has 0 heterocycles. The fraction of sp³-hybridized carbons (Fsp3) is 0.100. The zero-order valence-electron chi connectivity index (χ0n) is 7.45. The molecule has 0 atom stereocenters. The predicted octanol–water partition coefficient (Wildman–Crippen LogP) is 3.99. The molecule has 80 valence electrons. The summed E-state index contributed by atoms with van der Waals surface area (Å²) in [5.74, 6) is -0.968. The standard InChI is InChI=1S/C10H7Br3O2/c11-8(6-4-2-1-3-5-6)7(9(12)13)10(14)15/h1-5,9H,(H,14,15). The van der Waals surface area contributed by atoms with Gasteiger partial charge in [-0.3, -0.25) is 0 Å². The summed E-state index contributed by atoms with van der Waals surface area (Å²) in [6, 6.07) is 9.27. The van der Waals surface area contributed by atoms with Crippen molar-refractivity contribution in [3.05, 3.63) is 41.5 Å². The number of rotatable bonds is 3. The second-order valence-electron chi connectivity index (χ2n) is 2.70. The fourth-order valence-electron chi connectivity index (χ4n) is 1.02. The van der Waals surface area contributed by atoms with Gasteiger partial charge in [-0.05, 0) is 21.5 Å². The van der Waals surface area contributed by atoms with Crippen LogP contribution in [0.15, 0.2) is 35.9 Å². The maximum Gasteiger partial charge on any atom is 0.334 e. The van der Waals surface area contributed by atoms with Crippen LogP contribution in [0.2, 0.25) is 0 Å². The lowest BCUT2D eigenvalue weighted by Crippen LogP contribution is -2.08. The number of carboxylic acids is 1. The molecule has 0 saturated heterocycles. The zero-order chi connectivity index (χ0) is 11.4. The van der Waals surface area contributed by atoms with Gasteiger partial charge in [0.1, 0.15) is 3.74 Å². The molecule has 1 aromatic rings. The van der Waals surface area contributed by atoms with Gasteiger partial charge in [0.15, 0.2) is 0 Å². The van der Waals surface area contributed by atoms with Crippen LogP contribution < -0.4 is 0 Å². The summed E-state index contributed by atoms with van der Waals surface area (Å²) in [6.45, 7) is 0. The van der Waals surface area contributed by atoms with Crippen molar-refractivity contribution in [1.82, 2.24) is 0 Å². The van der Waals surface area contributed by atoms with E-state index in [1.54, 1.807) is 0 Å². The van der Waals surface area contributed by atoms with Gasteiger partial charge in [-0.25, -0.2) is 4.79 Å². The first-order valence-electron chi connectivity index (χ1n) is 4.00. The van der Waals surface area contributed by atoms with E-state index in [-0.39, 0.29) is 5.57 Å². The molecule has 0 spiro atoms. The third-order valence-corrected chi connectivity index (χ3v) is 3.51. The van der Waals surface area contributed by atoms with Crippen LogP contribution in [-0.2, 0) is 4.79 Å². The Balaban J connectivity index is 3.23. The molecule has 0 aliphatic carbocycles. The van der Waals surface area contributed by atoms with E-state index in [2.05, 4.69) is 47.8 Å². The minimum absolute atomic E-state index is 0.237. The molecule has 1 N–H and O–H groups in total. The summed E-state index contributed by atoms with van der Waals surface area (Å²) >= 11 is 9.67. The lowest BCUT2D eigenvalue weighted by molar-refractivity contribution is -0.132. The number of benzene rings is 1. The molecule has 0 amide bonds. The van der Waals surface area contributed by atoms with Crippen molar-refractivity contribution in [1.29, 1.82) is 0 Å². The number of hydrogen-bond donors (Lipinski definition) is 1. The molecule has 15 heavy (non-hydrogen) atoms. The molecule has 2 nitrogen and oxygen atoms in total.